The molecular formula is C33H47N3O6S. The molecule has 9 nitrogen and oxygen atoms in total. The van der Waals surface area contributed by atoms with E-state index in [4.69, 9.17) is 4.74 Å². The van der Waals surface area contributed by atoms with Crippen LogP contribution >= 0.6 is 0 Å². The van der Waals surface area contributed by atoms with Crippen LogP contribution in [0.25, 0.3) is 5.69 Å². The highest BCUT2D eigenvalue weighted by Crippen LogP contribution is 2.30. The number of para-hydroxylation sites is 1. The molecule has 0 saturated carbocycles. The lowest BCUT2D eigenvalue weighted by atomic mass is 10.0. The van der Waals surface area contributed by atoms with Crippen LogP contribution in [-0.4, -0.2) is 28.7 Å². The van der Waals surface area contributed by atoms with Gasteiger partial charge >= 0.3 is 0 Å². The number of benzene rings is 2. The molecule has 0 aliphatic rings. The van der Waals surface area contributed by atoms with Crippen molar-refractivity contribution in [3.05, 3.63) is 65.0 Å². The summed E-state index contributed by atoms with van der Waals surface area (Å²) in [4.78, 5) is 24.5. The van der Waals surface area contributed by atoms with Crippen LogP contribution in [0.4, 0.5) is 5.82 Å². The van der Waals surface area contributed by atoms with Gasteiger partial charge in [0.2, 0.25) is 5.91 Å². The Morgan fingerprint density at radius 1 is 0.814 bits per heavy atom. The number of anilines is 1. The summed E-state index contributed by atoms with van der Waals surface area (Å²) in [7, 11) is -4.66. The lowest BCUT2D eigenvalue weighted by molar-refractivity contribution is -0.116. The Hall–Kier alpha value is -3.37. The van der Waals surface area contributed by atoms with Gasteiger partial charge in [0.1, 0.15) is 22.2 Å². The summed E-state index contributed by atoms with van der Waals surface area (Å²) in [5.41, 5.74) is -0.346. The molecular weight excluding hydrogens is 566 g/mol. The summed E-state index contributed by atoms with van der Waals surface area (Å²) < 4.78 is 40.6. The zero-order valence-corrected chi connectivity index (χ0v) is 26.2. The van der Waals surface area contributed by atoms with Crippen LogP contribution in [0.15, 0.2) is 64.3 Å². The highest BCUT2D eigenvalue weighted by atomic mass is 32.2. The van der Waals surface area contributed by atoms with Crippen LogP contribution in [0.2, 0.25) is 0 Å². The number of hydrogen-bond donors (Lipinski definition) is 3. The zero-order valence-electron chi connectivity index (χ0n) is 25.4. The molecule has 236 valence electrons. The number of carbonyl (C=O) groups is 1. The number of nitrogens with zero attached hydrogens (tertiary/aromatic N) is 1. The van der Waals surface area contributed by atoms with Gasteiger partial charge in [-0.15, -0.1) is 0 Å². The smallest absolute Gasteiger partial charge is 0.298 e. The zero-order chi connectivity index (χ0) is 30.9. The monoisotopic (exact) mass is 613 g/mol. The van der Waals surface area contributed by atoms with Crippen LogP contribution < -0.4 is 15.6 Å². The molecule has 3 aromatic rings. The van der Waals surface area contributed by atoms with Crippen molar-refractivity contribution >= 4 is 21.8 Å². The fourth-order valence-corrected chi connectivity index (χ4v) is 5.69. The number of H-pyrrole nitrogens is 1. The number of aromatic nitrogens is 2. The van der Waals surface area contributed by atoms with Crippen molar-refractivity contribution in [2.45, 2.75) is 115 Å². The van der Waals surface area contributed by atoms with Crippen molar-refractivity contribution in [3.63, 3.8) is 0 Å². The highest BCUT2D eigenvalue weighted by molar-refractivity contribution is 7.86. The average Bonchev–Trinajstić information content (AvgIpc) is 3.34. The summed E-state index contributed by atoms with van der Waals surface area (Å²) in [5.74, 6) is 0.299. The normalized spacial score (nSPS) is 11.5. The van der Waals surface area contributed by atoms with Crippen LogP contribution in [-0.2, 0) is 14.9 Å². The molecule has 1 heterocycles. The fraction of sp³-hybridized carbons (Fsp3) is 0.515. The van der Waals surface area contributed by atoms with Crippen molar-refractivity contribution in [2.75, 3.05) is 5.32 Å². The van der Waals surface area contributed by atoms with E-state index in [1.54, 1.807) is 30.3 Å². The topological polar surface area (TPSA) is 130 Å². The van der Waals surface area contributed by atoms with Crippen molar-refractivity contribution in [3.8, 4) is 17.2 Å². The molecule has 1 aromatic heterocycles. The third-order valence-corrected chi connectivity index (χ3v) is 8.31. The second-order valence-electron chi connectivity index (χ2n) is 11.1. The number of aromatic amines is 1. The molecule has 0 radical (unpaired) electrons. The van der Waals surface area contributed by atoms with E-state index in [9.17, 15) is 22.6 Å². The SMILES string of the molecule is CCCCCCCCCCCCCCCCCC(=O)Nc1cc(=O)n(-c2ccc(Oc3ccccc3)c(S(=O)(=O)O)c2)[nH]1. The van der Waals surface area contributed by atoms with Crippen molar-refractivity contribution in [1.82, 2.24) is 9.78 Å². The van der Waals surface area contributed by atoms with Gasteiger partial charge in [-0.3, -0.25) is 19.2 Å². The molecule has 10 heteroatoms. The van der Waals surface area contributed by atoms with Crippen LogP contribution in [0, 0.1) is 0 Å². The highest BCUT2D eigenvalue weighted by Gasteiger charge is 2.20. The first kappa shape index (κ1) is 34.1. The van der Waals surface area contributed by atoms with Gasteiger partial charge in [-0.1, -0.05) is 115 Å². The van der Waals surface area contributed by atoms with E-state index in [2.05, 4.69) is 17.3 Å². The second-order valence-corrected chi connectivity index (χ2v) is 12.5. The maximum absolute atomic E-state index is 12.6. The first-order valence-corrected chi connectivity index (χ1v) is 17.2. The molecule has 43 heavy (non-hydrogen) atoms. The van der Waals surface area contributed by atoms with E-state index in [1.807, 2.05) is 0 Å². The Bertz CT molecular complexity index is 1420. The van der Waals surface area contributed by atoms with Gasteiger partial charge in [-0.05, 0) is 36.8 Å². The molecule has 0 atom stereocenters. The van der Waals surface area contributed by atoms with E-state index in [1.165, 1.54) is 95.2 Å². The molecule has 1 amide bonds. The van der Waals surface area contributed by atoms with Crippen molar-refractivity contribution in [2.24, 2.45) is 0 Å². The quantitative estimate of drug-likeness (QED) is 0.0817. The molecule has 2 aromatic carbocycles. The van der Waals surface area contributed by atoms with Crippen molar-refractivity contribution in [1.29, 1.82) is 0 Å². The van der Waals surface area contributed by atoms with Gasteiger partial charge in [0, 0.05) is 12.5 Å². The van der Waals surface area contributed by atoms with E-state index in [0.29, 0.717) is 12.2 Å². The number of nitrogens with one attached hydrogen (secondary N) is 2. The van der Waals surface area contributed by atoms with Gasteiger partial charge in [0.25, 0.3) is 15.7 Å². The summed E-state index contributed by atoms with van der Waals surface area (Å²) >= 11 is 0. The minimum atomic E-state index is -4.66. The molecule has 0 aliphatic heterocycles. The molecule has 0 saturated heterocycles. The summed E-state index contributed by atoms with van der Waals surface area (Å²) in [6, 6.07) is 13.7. The minimum Gasteiger partial charge on any atom is -0.456 e. The second kappa shape index (κ2) is 18.3. The first-order valence-electron chi connectivity index (χ1n) is 15.7. The Morgan fingerprint density at radius 2 is 1.37 bits per heavy atom. The van der Waals surface area contributed by atoms with E-state index in [-0.39, 0.29) is 23.2 Å². The summed E-state index contributed by atoms with van der Waals surface area (Å²) in [6.07, 6.45) is 19.2. The Balaban J connectivity index is 1.38. The molecule has 0 fully saturated rings. The Kier molecular flexibility index (Phi) is 14.5. The van der Waals surface area contributed by atoms with Gasteiger partial charge in [-0.2, -0.15) is 8.42 Å². The maximum Gasteiger partial charge on any atom is 0.298 e. The predicted molar refractivity (Wildman–Crippen MR) is 171 cm³/mol. The standard InChI is InChI=1S/C33H47N3O6S/c1-2-3-4-5-6-7-8-9-10-11-12-13-14-15-19-22-32(37)34-31-26-33(38)36(35-31)27-23-24-29(30(25-27)43(39,40)41)42-28-20-17-16-18-21-28/h16-18,20-21,23-26,35H,2-15,19,22H2,1H3,(H,34,37)(H,39,40,41). The van der Waals surface area contributed by atoms with E-state index in [0.717, 1.165) is 30.0 Å². The molecule has 0 unspecified atom stereocenters. The molecule has 3 N–H and O–H groups in total. The van der Waals surface area contributed by atoms with Crippen LogP contribution in [0.1, 0.15) is 110 Å². The maximum atomic E-state index is 12.6. The number of amides is 1. The summed E-state index contributed by atoms with van der Waals surface area (Å²) in [5, 5.41) is 5.49. The van der Waals surface area contributed by atoms with E-state index < -0.39 is 20.6 Å². The lowest BCUT2D eigenvalue weighted by Gasteiger charge is -2.11. The number of hydrogen-bond acceptors (Lipinski definition) is 5. The van der Waals surface area contributed by atoms with Gasteiger partial charge < -0.3 is 10.1 Å². The Labute approximate surface area is 255 Å². The lowest BCUT2D eigenvalue weighted by Crippen LogP contribution is -2.14. The van der Waals surface area contributed by atoms with Gasteiger partial charge in [0.15, 0.2) is 0 Å². The van der Waals surface area contributed by atoms with Gasteiger partial charge in [0.05, 0.1) is 5.69 Å². The predicted octanol–water partition coefficient (Wildman–Crippen LogP) is 8.40. The summed E-state index contributed by atoms with van der Waals surface area (Å²) in [6.45, 7) is 2.25. The van der Waals surface area contributed by atoms with Crippen LogP contribution in [0.3, 0.4) is 0 Å². The first-order chi connectivity index (χ1) is 20.8. The number of rotatable bonds is 21. The third kappa shape index (κ3) is 12.4. The molecule has 0 spiro atoms. The Morgan fingerprint density at radius 3 is 1.93 bits per heavy atom. The van der Waals surface area contributed by atoms with E-state index >= 15 is 0 Å². The minimum absolute atomic E-state index is 0.0888. The molecule has 0 bridgehead atoms. The molecule has 3 rings (SSSR count). The molecule has 0 aliphatic carbocycles. The number of ether oxygens (including phenoxy) is 1. The van der Waals surface area contributed by atoms with Crippen molar-refractivity contribution < 1.29 is 22.5 Å². The van der Waals surface area contributed by atoms with Gasteiger partial charge in [-0.25, -0.2) is 4.68 Å². The fourth-order valence-electron chi connectivity index (χ4n) is 5.06. The third-order valence-electron chi connectivity index (χ3n) is 7.44. The van der Waals surface area contributed by atoms with Crippen LogP contribution in [0.5, 0.6) is 11.5 Å². The number of carbonyl (C=O) groups excluding carboxylic acids is 1. The number of unbranched alkanes of at least 4 members (excludes halogenated alkanes) is 14. The largest absolute Gasteiger partial charge is 0.456 e. The average molecular weight is 614 g/mol.